The van der Waals surface area contributed by atoms with E-state index >= 15 is 0 Å². The van der Waals surface area contributed by atoms with Crippen LogP contribution in [0.5, 0.6) is 11.5 Å². The van der Waals surface area contributed by atoms with Gasteiger partial charge in [-0.2, -0.15) is 17.5 Å². The third-order valence-corrected chi connectivity index (χ3v) is 8.34. The van der Waals surface area contributed by atoms with Crippen molar-refractivity contribution >= 4 is 10.0 Å². The molecule has 3 heterocycles. The highest BCUT2D eigenvalue weighted by atomic mass is 32.2. The quantitative estimate of drug-likeness (QED) is 0.561. The first-order chi connectivity index (χ1) is 16.6. The number of benzene rings is 1. The molecule has 0 N–H and O–H groups in total. The van der Waals surface area contributed by atoms with Crippen molar-refractivity contribution in [1.29, 1.82) is 0 Å². The summed E-state index contributed by atoms with van der Waals surface area (Å²) in [4.78, 5) is 2.39. The minimum absolute atomic E-state index is 0.0381. The molecule has 0 amide bonds. The van der Waals surface area contributed by atoms with Crippen LogP contribution in [0, 0.1) is 0 Å². The standard InChI is InChI=1S/C23H30F3N3O5S/c1-3-34-22-16-28(15-19(22)23(24,25)26)20-5-4-18(14-21(20)32-2)35(30,31)29-8-6-17(7-9-29)27-10-12-33-13-11-27/h4-5,14-17H,3,6-13H2,1-2H3. The molecule has 194 valence electrons. The van der Waals surface area contributed by atoms with Gasteiger partial charge in [-0.3, -0.25) is 4.90 Å². The topological polar surface area (TPSA) is 73.2 Å². The van der Waals surface area contributed by atoms with Crippen LogP contribution in [0.3, 0.4) is 0 Å². The van der Waals surface area contributed by atoms with Crippen molar-refractivity contribution in [3.8, 4) is 17.2 Å². The van der Waals surface area contributed by atoms with Crippen LogP contribution in [0.15, 0.2) is 35.5 Å². The van der Waals surface area contributed by atoms with Crippen LogP contribution in [0.2, 0.25) is 0 Å². The number of aromatic nitrogens is 1. The molecule has 1 aromatic heterocycles. The molecule has 0 bridgehead atoms. The van der Waals surface area contributed by atoms with E-state index in [4.69, 9.17) is 14.2 Å². The van der Waals surface area contributed by atoms with Crippen LogP contribution in [-0.2, 0) is 20.9 Å². The molecular weight excluding hydrogens is 487 g/mol. The Labute approximate surface area is 203 Å². The summed E-state index contributed by atoms with van der Waals surface area (Å²) in [7, 11) is -2.44. The Hall–Kier alpha value is -2.28. The third kappa shape index (κ3) is 5.45. The van der Waals surface area contributed by atoms with Gasteiger partial charge >= 0.3 is 6.18 Å². The smallest absolute Gasteiger partial charge is 0.421 e. The van der Waals surface area contributed by atoms with Gasteiger partial charge < -0.3 is 18.8 Å². The Balaban J connectivity index is 1.55. The summed E-state index contributed by atoms with van der Waals surface area (Å²) in [5.74, 6) is -0.164. The van der Waals surface area contributed by atoms with Gasteiger partial charge in [-0.05, 0) is 31.9 Å². The van der Waals surface area contributed by atoms with Crippen LogP contribution in [0.1, 0.15) is 25.3 Å². The average Bonchev–Trinajstić information content (AvgIpc) is 3.29. The van der Waals surface area contributed by atoms with E-state index in [1.807, 2.05) is 0 Å². The summed E-state index contributed by atoms with van der Waals surface area (Å²) < 4.78 is 85.6. The number of piperidine rings is 1. The molecular formula is C23H30F3N3O5S. The van der Waals surface area contributed by atoms with E-state index < -0.39 is 21.8 Å². The van der Waals surface area contributed by atoms with Crippen LogP contribution in [-0.4, -0.2) is 81.3 Å². The van der Waals surface area contributed by atoms with Crippen molar-refractivity contribution in [2.75, 3.05) is 53.1 Å². The van der Waals surface area contributed by atoms with Gasteiger partial charge in [0.2, 0.25) is 10.0 Å². The molecule has 2 aliphatic heterocycles. The van der Waals surface area contributed by atoms with Gasteiger partial charge in [0.1, 0.15) is 17.1 Å². The van der Waals surface area contributed by atoms with Gasteiger partial charge in [0.15, 0.2) is 0 Å². The first-order valence-corrected chi connectivity index (χ1v) is 13.0. The molecule has 4 rings (SSSR count). The predicted molar refractivity (Wildman–Crippen MR) is 123 cm³/mol. The van der Waals surface area contributed by atoms with E-state index in [1.54, 1.807) is 6.92 Å². The van der Waals surface area contributed by atoms with Gasteiger partial charge in [0.05, 0.1) is 43.7 Å². The molecule has 2 aromatic rings. The van der Waals surface area contributed by atoms with Crippen molar-refractivity contribution in [2.45, 2.75) is 36.9 Å². The van der Waals surface area contributed by atoms with Gasteiger partial charge in [0.25, 0.3) is 0 Å². The lowest BCUT2D eigenvalue weighted by molar-refractivity contribution is -0.138. The van der Waals surface area contributed by atoms with Crippen molar-refractivity contribution < 1.29 is 35.8 Å². The molecule has 1 aromatic carbocycles. The number of nitrogens with zero attached hydrogens (tertiary/aromatic N) is 3. The molecule has 0 saturated carbocycles. The predicted octanol–water partition coefficient (Wildman–Crippen LogP) is 3.39. The molecule has 0 spiro atoms. The van der Waals surface area contributed by atoms with Crippen molar-refractivity contribution in [3.63, 3.8) is 0 Å². The summed E-state index contributed by atoms with van der Waals surface area (Å²) in [5.41, 5.74) is -0.643. The molecule has 12 heteroatoms. The zero-order chi connectivity index (χ0) is 25.2. The van der Waals surface area contributed by atoms with E-state index in [-0.39, 0.29) is 28.7 Å². The Morgan fingerprint density at radius 2 is 1.74 bits per heavy atom. The number of sulfonamides is 1. The minimum Gasteiger partial charge on any atom is -0.495 e. The second-order valence-corrected chi connectivity index (χ2v) is 10.4. The summed E-state index contributed by atoms with van der Waals surface area (Å²) in [6.07, 6.45) is -1.00. The van der Waals surface area contributed by atoms with Gasteiger partial charge in [-0.25, -0.2) is 8.42 Å². The first kappa shape index (κ1) is 25.8. The molecule has 0 radical (unpaired) electrons. The second-order valence-electron chi connectivity index (χ2n) is 8.49. The van der Waals surface area contributed by atoms with Crippen molar-refractivity contribution in [2.24, 2.45) is 0 Å². The molecule has 0 aliphatic carbocycles. The first-order valence-electron chi connectivity index (χ1n) is 11.6. The fourth-order valence-electron chi connectivity index (χ4n) is 4.63. The van der Waals surface area contributed by atoms with Crippen LogP contribution < -0.4 is 9.47 Å². The number of ether oxygens (including phenoxy) is 3. The lowest BCUT2D eigenvalue weighted by Gasteiger charge is -2.39. The molecule has 2 fully saturated rings. The van der Waals surface area contributed by atoms with Gasteiger partial charge in [-0.1, -0.05) is 0 Å². The molecule has 2 saturated heterocycles. The highest BCUT2D eigenvalue weighted by molar-refractivity contribution is 7.89. The third-order valence-electron chi connectivity index (χ3n) is 6.45. The Bertz CT molecular complexity index is 1120. The van der Waals surface area contributed by atoms with E-state index in [1.165, 1.54) is 40.4 Å². The number of hydrogen-bond donors (Lipinski definition) is 0. The Morgan fingerprint density at radius 3 is 2.34 bits per heavy atom. The molecule has 0 atom stereocenters. The summed E-state index contributed by atoms with van der Waals surface area (Å²) in [6, 6.07) is 4.53. The van der Waals surface area contributed by atoms with Gasteiger partial charge in [-0.15, -0.1) is 0 Å². The number of morpholine rings is 1. The number of methoxy groups -OCH3 is 1. The maximum Gasteiger partial charge on any atom is 0.421 e. The SMILES string of the molecule is CCOc1cn(-c2ccc(S(=O)(=O)N3CCC(N4CCOCC4)CC3)cc2OC)cc1C(F)(F)F. The lowest BCUT2D eigenvalue weighted by atomic mass is 10.0. The zero-order valence-electron chi connectivity index (χ0n) is 19.8. The summed E-state index contributed by atoms with van der Waals surface area (Å²) in [6.45, 7) is 5.58. The minimum atomic E-state index is -4.60. The number of rotatable bonds is 7. The second kappa shape index (κ2) is 10.4. The van der Waals surface area contributed by atoms with Crippen molar-refractivity contribution in [3.05, 3.63) is 36.2 Å². The normalized spacial score (nSPS) is 19.1. The molecule has 2 aliphatic rings. The molecule has 8 nitrogen and oxygen atoms in total. The Morgan fingerprint density at radius 1 is 1.06 bits per heavy atom. The fourth-order valence-corrected chi connectivity index (χ4v) is 6.12. The maximum atomic E-state index is 13.4. The van der Waals surface area contributed by atoms with E-state index in [2.05, 4.69) is 4.90 Å². The van der Waals surface area contributed by atoms with E-state index in [0.717, 1.165) is 32.1 Å². The molecule has 35 heavy (non-hydrogen) atoms. The van der Waals surface area contributed by atoms with Gasteiger partial charge in [0, 0.05) is 44.5 Å². The lowest BCUT2D eigenvalue weighted by Crippen LogP contribution is -2.50. The number of alkyl halides is 3. The van der Waals surface area contributed by atoms with Crippen LogP contribution >= 0.6 is 0 Å². The van der Waals surface area contributed by atoms with E-state index in [0.29, 0.717) is 32.3 Å². The van der Waals surface area contributed by atoms with Crippen molar-refractivity contribution in [1.82, 2.24) is 13.8 Å². The number of halogens is 3. The monoisotopic (exact) mass is 517 g/mol. The highest BCUT2D eigenvalue weighted by Crippen LogP contribution is 2.39. The molecule has 0 unspecified atom stereocenters. The zero-order valence-corrected chi connectivity index (χ0v) is 20.6. The van der Waals surface area contributed by atoms with E-state index in [9.17, 15) is 21.6 Å². The van der Waals surface area contributed by atoms with Crippen LogP contribution in [0.4, 0.5) is 13.2 Å². The summed E-state index contributed by atoms with van der Waals surface area (Å²) >= 11 is 0. The maximum absolute atomic E-state index is 13.4. The fraction of sp³-hybridized carbons (Fsp3) is 0.565. The Kier molecular flexibility index (Phi) is 7.65. The average molecular weight is 518 g/mol. The van der Waals surface area contributed by atoms with Crippen LogP contribution in [0.25, 0.3) is 5.69 Å². The highest BCUT2D eigenvalue weighted by Gasteiger charge is 2.37. The summed E-state index contributed by atoms with van der Waals surface area (Å²) in [5, 5.41) is 0. The number of hydrogen-bond acceptors (Lipinski definition) is 6. The largest absolute Gasteiger partial charge is 0.495 e.